The van der Waals surface area contributed by atoms with Crippen molar-refractivity contribution in [2.75, 3.05) is 43.0 Å². The van der Waals surface area contributed by atoms with Gasteiger partial charge in [0.25, 0.3) is 5.91 Å². The average molecular weight is 480 g/mol. The average Bonchev–Trinajstić information content (AvgIpc) is 3.01. The lowest BCUT2D eigenvalue weighted by atomic mass is 10.0. The molecule has 8 nitrogen and oxygen atoms in total. The first kappa shape index (κ1) is 22.7. The summed E-state index contributed by atoms with van der Waals surface area (Å²) >= 11 is 0. The molecule has 2 aromatic carbocycles. The van der Waals surface area contributed by atoms with Crippen LogP contribution >= 0.6 is 0 Å². The van der Waals surface area contributed by atoms with Crippen LogP contribution in [-0.2, 0) is 10.0 Å². The second kappa shape index (κ2) is 8.96. The summed E-state index contributed by atoms with van der Waals surface area (Å²) < 4.78 is 27.7. The van der Waals surface area contributed by atoms with E-state index in [-0.39, 0.29) is 10.8 Å². The highest BCUT2D eigenvalue weighted by Crippen LogP contribution is 2.31. The predicted molar refractivity (Wildman–Crippen MR) is 133 cm³/mol. The Morgan fingerprint density at radius 2 is 1.50 bits per heavy atom. The Hall–Kier alpha value is -3.04. The van der Waals surface area contributed by atoms with Crippen molar-refractivity contribution in [1.82, 2.24) is 14.3 Å². The first-order valence-electron chi connectivity index (χ1n) is 11.7. The summed E-state index contributed by atoms with van der Waals surface area (Å²) in [5.74, 6) is 1.53. The van der Waals surface area contributed by atoms with Gasteiger partial charge in [0, 0.05) is 38.8 Å². The molecule has 34 heavy (non-hydrogen) atoms. The summed E-state index contributed by atoms with van der Waals surface area (Å²) in [6, 6.07) is 13.9. The smallest absolute Gasteiger partial charge is 0.259 e. The molecule has 0 spiro atoms. The molecular weight excluding hydrogens is 450 g/mol. The van der Waals surface area contributed by atoms with Crippen molar-refractivity contribution in [3.8, 4) is 0 Å². The molecule has 5 rings (SSSR count). The Balaban J connectivity index is 1.45. The molecule has 1 amide bonds. The summed E-state index contributed by atoms with van der Waals surface area (Å²) in [6.45, 7) is 4.49. The Labute approximate surface area is 200 Å². The van der Waals surface area contributed by atoms with E-state index in [4.69, 9.17) is 9.97 Å². The van der Waals surface area contributed by atoms with Crippen molar-refractivity contribution in [3.63, 3.8) is 0 Å². The number of nitrogens with zero attached hydrogens (tertiary/aromatic N) is 5. The number of rotatable bonds is 3. The lowest BCUT2D eigenvalue weighted by Gasteiger charge is -2.29. The molecule has 0 radical (unpaired) electrons. The molecule has 3 aromatic rings. The van der Waals surface area contributed by atoms with Gasteiger partial charge in [-0.25, -0.2) is 18.4 Å². The van der Waals surface area contributed by atoms with E-state index in [0.29, 0.717) is 42.8 Å². The number of fused-ring (bicyclic) bond motifs is 2. The van der Waals surface area contributed by atoms with Crippen LogP contribution in [0, 0.1) is 5.92 Å². The summed E-state index contributed by atoms with van der Waals surface area (Å²) in [6.07, 6.45) is 2.51. The molecule has 9 heteroatoms. The van der Waals surface area contributed by atoms with Crippen LogP contribution in [0.15, 0.2) is 53.4 Å². The molecular formula is C25H29N5O3S. The van der Waals surface area contributed by atoms with E-state index in [1.54, 1.807) is 21.3 Å². The predicted octanol–water partition coefficient (Wildman–Crippen LogP) is 3.54. The number of carbonyl (C=O) groups is 1. The summed E-state index contributed by atoms with van der Waals surface area (Å²) in [5.41, 5.74) is 1.94. The minimum Gasteiger partial charge on any atom is -0.357 e. The number of carbonyl (C=O) groups excluding carboxylic acids is 1. The van der Waals surface area contributed by atoms with Gasteiger partial charge in [0.2, 0.25) is 10.0 Å². The van der Waals surface area contributed by atoms with Gasteiger partial charge in [-0.15, -0.1) is 0 Å². The van der Waals surface area contributed by atoms with E-state index in [1.807, 2.05) is 36.2 Å². The van der Waals surface area contributed by atoms with Gasteiger partial charge in [-0.3, -0.25) is 9.69 Å². The number of anilines is 2. The fourth-order valence-corrected chi connectivity index (χ4v) is 6.06. The molecule has 0 saturated carbocycles. The van der Waals surface area contributed by atoms with Crippen molar-refractivity contribution < 1.29 is 13.2 Å². The van der Waals surface area contributed by atoms with Gasteiger partial charge < -0.3 is 4.90 Å². The number of aromatic nitrogens is 2. The molecule has 3 heterocycles. The minimum absolute atomic E-state index is 0.211. The lowest BCUT2D eigenvalue weighted by molar-refractivity contribution is 0.0986. The number of sulfonamides is 1. The maximum absolute atomic E-state index is 13.5. The number of para-hydroxylation sites is 2. The fraction of sp³-hybridized carbons (Fsp3) is 0.400. The zero-order chi connectivity index (χ0) is 23.9. The monoisotopic (exact) mass is 479 g/mol. The molecule has 2 aliphatic rings. The van der Waals surface area contributed by atoms with Gasteiger partial charge in [-0.1, -0.05) is 19.1 Å². The van der Waals surface area contributed by atoms with Crippen molar-refractivity contribution in [2.45, 2.75) is 31.1 Å². The SMILES string of the molecule is CC1CCN(S(=O)(=O)c2ccc(C(=O)N3CCCN(C)c4nc5ccccc5nc43)cc2)CC1. The summed E-state index contributed by atoms with van der Waals surface area (Å²) in [4.78, 5) is 27.0. The Morgan fingerprint density at radius 1 is 0.882 bits per heavy atom. The van der Waals surface area contributed by atoms with E-state index in [0.717, 1.165) is 36.8 Å². The highest BCUT2D eigenvalue weighted by Gasteiger charge is 2.30. The number of amides is 1. The van der Waals surface area contributed by atoms with Crippen LogP contribution in [0.1, 0.15) is 36.5 Å². The molecule has 1 saturated heterocycles. The van der Waals surface area contributed by atoms with Crippen molar-refractivity contribution in [1.29, 1.82) is 0 Å². The zero-order valence-corrected chi connectivity index (χ0v) is 20.3. The highest BCUT2D eigenvalue weighted by molar-refractivity contribution is 7.89. The molecule has 0 atom stereocenters. The molecule has 2 aliphatic heterocycles. The van der Waals surface area contributed by atoms with Gasteiger partial charge in [0.1, 0.15) is 0 Å². The zero-order valence-electron chi connectivity index (χ0n) is 19.5. The van der Waals surface area contributed by atoms with E-state index in [9.17, 15) is 13.2 Å². The van der Waals surface area contributed by atoms with Crippen molar-refractivity contribution >= 4 is 38.6 Å². The van der Waals surface area contributed by atoms with E-state index >= 15 is 0 Å². The maximum atomic E-state index is 13.5. The Morgan fingerprint density at radius 3 is 2.15 bits per heavy atom. The molecule has 0 aliphatic carbocycles. The Kier molecular flexibility index (Phi) is 5.99. The first-order valence-corrected chi connectivity index (χ1v) is 13.2. The van der Waals surface area contributed by atoms with Gasteiger partial charge in [-0.05, 0) is 61.6 Å². The number of piperidine rings is 1. The van der Waals surface area contributed by atoms with Gasteiger partial charge in [0.15, 0.2) is 11.6 Å². The van der Waals surface area contributed by atoms with E-state index < -0.39 is 10.0 Å². The quantitative estimate of drug-likeness (QED) is 0.571. The van der Waals surface area contributed by atoms with Crippen molar-refractivity contribution in [3.05, 3.63) is 54.1 Å². The first-order chi connectivity index (χ1) is 16.3. The number of benzene rings is 2. The Bertz CT molecular complexity index is 1320. The molecule has 1 fully saturated rings. The molecule has 0 bridgehead atoms. The second-order valence-corrected chi connectivity index (χ2v) is 11.1. The van der Waals surface area contributed by atoms with Gasteiger partial charge in [0.05, 0.1) is 15.9 Å². The minimum atomic E-state index is -3.56. The standard InChI is InChI=1S/C25H29N5O3S/c1-18-12-16-29(17-13-18)34(32,33)20-10-8-19(9-11-20)25(31)30-15-5-14-28(2)23-24(30)27-22-7-4-3-6-21(22)26-23/h3-4,6-11,18H,5,12-17H2,1-2H3. The molecule has 0 unspecified atom stereocenters. The van der Waals surface area contributed by atoms with Crippen LogP contribution < -0.4 is 9.80 Å². The molecule has 0 N–H and O–H groups in total. The van der Waals surface area contributed by atoms with Crippen LogP contribution in [0.4, 0.5) is 11.6 Å². The maximum Gasteiger partial charge on any atom is 0.259 e. The van der Waals surface area contributed by atoms with Crippen LogP contribution in [0.3, 0.4) is 0 Å². The molecule has 1 aromatic heterocycles. The van der Waals surface area contributed by atoms with Crippen LogP contribution in [-0.4, -0.2) is 61.8 Å². The van der Waals surface area contributed by atoms with Gasteiger partial charge >= 0.3 is 0 Å². The summed E-state index contributed by atoms with van der Waals surface area (Å²) in [5, 5.41) is 0. The van der Waals surface area contributed by atoms with Crippen LogP contribution in [0.25, 0.3) is 11.0 Å². The van der Waals surface area contributed by atoms with Crippen LogP contribution in [0.5, 0.6) is 0 Å². The van der Waals surface area contributed by atoms with Crippen molar-refractivity contribution in [2.24, 2.45) is 5.92 Å². The summed E-state index contributed by atoms with van der Waals surface area (Å²) in [7, 11) is -1.60. The van der Waals surface area contributed by atoms with Crippen LogP contribution in [0.2, 0.25) is 0 Å². The largest absolute Gasteiger partial charge is 0.357 e. The van der Waals surface area contributed by atoms with Gasteiger partial charge in [-0.2, -0.15) is 4.31 Å². The number of hydrogen-bond donors (Lipinski definition) is 0. The topological polar surface area (TPSA) is 86.7 Å². The second-order valence-electron chi connectivity index (χ2n) is 9.20. The highest BCUT2D eigenvalue weighted by atomic mass is 32.2. The van der Waals surface area contributed by atoms with E-state index in [2.05, 4.69) is 6.92 Å². The third kappa shape index (κ3) is 4.14. The number of hydrogen-bond acceptors (Lipinski definition) is 6. The normalized spacial score (nSPS) is 18.1. The molecule has 178 valence electrons. The third-order valence-electron chi connectivity index (χ3n) is 6.75. The fourth-order valence-electron chi connectivity index (χ4n) is 4.59. The third-order valence-corrected chi connectivity index (χ3v) is 8.67. The lowest BCUT2D eigenvalue weighted by Crippen LogP contribution is -2.37. The van der Waals surface area contributed by atoms with E-state index in [1.165, 1.54) is 12.1 Å².